The molecule has 1 aliphatic carbocycles. The highest BCUT2D eigenvalue weighted by Gasteiger charge is 2.44. The fourth-order valence-electron chi connectivity index (χ4n) is 3.35. The maximum Gasteiger partial charge on any atom is 0.315 e. The smallest absolute Gasteiger partial charge is 0.315 e. The number of hydrogen-bond donors (Lipinski definition) is 2. The number of carbonyl (C=O) groups is 1. The Bertz CT molecular complexity index is 886. The van der Waals surface area contributed by atoms with Crippen molar-refractivity contribution in [2.45, 2.75) is 31.2 Å². The number of nitrogens with one attached hydrogen (secondary N) is 2. The Kier molecular flexibility index (Phi) is 4.62. The number of urea groups is 1. The van der Waals surface area contributed by atoms with Gasteiger partial charge in [-0.3, -0.25) is 0 Å². The Hall–Kier alpha value is -3.15. The van der Waals surface area contributed by atoms with Gasteiger partial charge in [-0.15, -0.1) is 0 Å². The average molecular weight is 361 g/mol. The van der Waals surface area contributed by atoms with Crippen molar-refractivity contribution in [1.29, 1.82) is 0 Å². The molecule has 1 aliphatic rings. The molecule has 1 heterocycles. The van der Waals surface area contributed by atoms with Crippen molar-refractivity contribution in [3.05, 3.63) is 78.4 Å². The van der Waals surface area contributed by atoms with Gasteiger partial charge in [-0.25, -0.2) is 14.5 Å². The van der Waals surface area contributed by atoms with Gasteiger partial charge >= 0.3 is 6.03 Å². The lowest BCUT2D eigenvalue weighted by molar-refractivity contribution is 0.237. The molecule has 1 aromatic heterocycles. The molecule has 0 radical (unpaired) electrons. The lowest BCUT2D eigenvalue weighted by Crippen LogP contribution is -2.40. The lowest BCUT2D eigenvalue weighted by atomic mass is 9.96. The fraction of sp³-hybridized carbons (Fsp3) is 0.286. The van der Waals surface area contributed by atoms with Gasteiger partial charge in [0, 0.05) is 12.0 Å². The molecule has 0 aliphatic heterocycles. The largest absolute Gasteiger partial charge is 0.337 e. The van der Waals surface area contributed by atoms with Crippen LogP contribution in [0.1, 0.15) is 36.9 Å². The molecule has 0 saturated heterocycles. The third-order valence-electron chi connectivity index (χ3n) is 5.25. The van der Waals surface area contributed by atoms with Crippen molar-refractivity contribution in [3.63, 3.8) is 0 Å². The summed E-state index contributed by atoms with van der Waals surface area (Å²) in [5, 5.41) is 10.2. The van der Waals surface area contributed by atoms with Crippen molar-refractivity contribution in [2.24, 2.45) is 0 Å². The zero-order chi connectivity index (χ0) is 18.7. The second-order valence-corrected chi connectivity index (χ2v) is 7.13. The molecule has 2 amide bonds. The van der Waals surface area contributed by atoms with E-state index >= 15 is 0 Å². The quantitative estimate of drug-likeness (QED) is 0.707. The molecule has 2 N–H and O–H groups in total. The molecule has 1 fully saturated rings. The van der Waals surface area contributed by atoms with Gasteiger partial charge in [-0.2, -0.15) is 5.10 Å². The molecule has 0 bridgehead atoms. The van der Waals surface area contributed by atoms with Crippen LogP contribution in [0.4, 0.5) is 4.79 Å². The summed E-state index contributed by atoms with van der Waals surface area (Å²) in [6, 6.07) is 18.1. The van der Waals surface area contributed by atoms with Crippen LogP contribution < -0.4 is 10.6 Å². The second kappa shape index (κ2) is 7.23. The van der Waals surface area contributed by atoms with E-state index in [-0.39, 0.29) is 17.5 Å². The third kappa shape index (κ3) is 3.84. The van der Waals surface area contributed by atoms with Crippen LogP contribution in [0.15, 0.2) is 67.3 Å². The van der Waals surface area contributed by atoms with E-state index < -0.39 is 0 Å². The van der Waals surface area contributed by atoms with Gasteiger partial charge in [0.15, 0.2) is 0 Å². The highest BCUT2D eigenvalue weighted by molar-refractivity contribution is 5.74. The van der Waals surface area contributed by atoms with E-state index in [0.717, 1.165) is 24.1 Å². The number of amides is 2. The Morgan fingerprint density at radius 2 is 1.89 bits per heavy atom. The van der Waals surface area contributed by atoms with Gasteiger partial charge in [0.05, 0.1) is 11.7 Å². The van der Waals surface area contributed by atoms with Crippen LogP contribution in [0.3, 0.4) is 0 Å². The first-order chi connectivity index (χ1) is 13.2. The van der Waals surface area contributed by atoms with Crippen LogP contribution in [0.25, 0.3) is 5.69 Å². The van der Waals surface area contributed by atoms with Crippen molar-refractivity contribution in [3.8, 4) is 5.69 Å². The van der Waals surface area contributed by atoms with E-state index in [1.54, 1.807) is 11.0 Å². The normalized spacial score (nSPS) is 15.7. The standard InChI is InChI=1S/C21H23N5O/c1-16(17-7-9-19(10-8-17)26-15-22-14-24-26)25-20(27)23-13-21(11-12-21)18-5-3-2-4-6-18/h2-10,14-16H,11-13H2,1H3,(H2,23,25,27). The minimum absolute atomic E-state index is 0.0818. The molecular weight excluding hydrogens is 338 g/mol. The van der Waals surface area contributed by atoms with Crippen molar-refractivity contribution >= 4 is 6.03 Å². The SMILES string of the molecule is CC(NC(=O)NCC1(c2ccccc2)CC1)c1ccc(-n2cncn2)cc1. The maximum absolute atomic E-state index is 12.3. The Morgan fingerprint density at radius 1 is 1.15 bits per heavy atom. The molecule has 6 heteroatoms. The Morgan fingerprint density at radius 3 is 2.52 bits per heavy atom. The molecule has 138 valence electrons. The van der Waals surface area contributed by atoms with E-state index in [0.29, 0.717) is 6.54 Å². The summed E-state index contributed by atoms with van der Waals surface area (Å²) in [5.74, 6) is 0. The predicted molar refractivity (Wildman–Crippen MR) is 104 cm³/mol. The van der Waals surface area contributed by atoms with E-state index in [1.807, 2.05) is 37.3 Å². The van der Waals surface area contributed by atoms with E-state index in [2.05, 4.69) is 45.0 Å². The Labute approximate surface area is 158 Å². The van der Waals surface area contributed by atoms with Crippen LogP contribution >= 0.6 is 0 Å². The number of benzene rings is 2. The van der Waals surface area contributed by atoms with Gasteiger partial charge < -0.3 is 10.6 Å². The molecule has 6 nitrogen and oxygen atoms in total. The molecular formula is C21H23N5O. The van der Waals surface area contributed by atoms with Gasteiger partial charge in [0.25, 0.3) is 0 Å². The Balaban J connectivity index is 1.32. The summed E-state index contributed by atoms with van der Waals surface area (Å²) in [6.07, 6.45) is 5.41. The first kappa shape index (κ1) is 17.3. The molecule has 1 atom stereocenters. The summed E-state index contributed by atoms with van der Waals surface area (Å²) >= 11 is 0. The maximum atomic E-state index is 12.3. The van der Waals surface area contributed by atoms with Crippen molar-refractivity contribution < 1.29 is 4.79 Å². The van der Waals surface area contributed by atoms with Crippen LogP contribution in [-0.4, -0.2) is 27.3 Å². The number of hydrogen-bond acceptors (Lipinski definition) is 3. The lowest BCUT2D eigenvalue weighted by Gasteiger charge is -2.19. The first-order valence-corrected chi connectivity index (χ1v) is 9.21. The topological polar surface area (TPSA) is 71.8 Å². The van der Waals surface area contributed by atoms with Crippen molar-refractivity contribution in [2.75, 3.05) is 6.54 Å². The molecule has 0 spiro atoms. The van der Waals surface area contributed by atoms with Crippen LogP contribution in [0, 0.1) is 0 Å². The molecule has 2 aromatic carbocycles. The van der Waals surface area contributed by atoms with E-state index in [1.165, 1.54) is 11.9 Å². The minimum atomic E-state index is -0.134. The molecule has 1 unspecified atom stereocenters. The van der Waals surface area contributed by atoms with E-state index in [4.69, 9.17) is 0 Å². The summed E-state index contributed by atoms with van der Waals surface area (Å²) in [4.78, 5) is 16.3. The highest BCUT2D eigenvalue weighted by Crippen LogP contribution is 2.47. The number of carbonyl (C=O) groups excluding carboxylic acids is 1. The predicted octanol–water partition coefficient (Wildman–Crippen LogP) is 3.36. The summed E-state index contributed by atoms with van der Waals surface area (Å²) in [6.45, 7) is 2.65. The van der Waals surface area contributed by atoms with E-state index in [9.17, 15) is 4.79 Å². The van der Waals surface area contributed by atoms with Gasteiger partial charge in [-0.05, 0) is 43.0 Å². The molecule has 27 heavy (non-hydrogen) atoms. The summed E-state index contributed by atoms with van der Waals surface area (Å²) in [5.41, 5.74) is 3.40. The monoisotopic (exact) mass is 361 g/mol. The fourth-order valence-corrected chi connectivity index (χ4v) is 3.35. The first-order valence-electron chi connectivity index (χ1n) is 9.21. The molecule has 4 rings (SSSR count). The van der Waals surface area contributed by atoms with Crippen LogP contribution in [-0.2, 0) is 5.41 Å². The second-order valence-electron chi connectivity index (χ2n) is 7.13. The highest BCUT2D eigenvalue weighted by atomic mass is 16.2. The van der Waals surface area contributed by atoms with Gasteiger partial charge in [-0.1, -0.05) is 42.5 Å². The average Bonchev–Trinajstić information content (AvgIpc) is 3.30. The number of aromatic nitrogens is 3. The minimum Gasteiger partial charge on any atom is -0.337 e. The number of rotatable bonds is 6. The van der Waals surface area contributed by atoms with Crippen LogP contribution in [0.5, 0.6) is 0 Å². The molecule has 3 aromatic rings. The van der Waals surface area contributed by atoms with Crippen LogP contribution in [0.2, 0.25) is 0 Å². The van der Waals surface area contributed by atoms with Crippen molar-refractivity contribution in [1.82, 2.24) is 25.4 Å². The van der Waals surface area contributed by atoms with Gasteiger partial charge in [0.1, 0.15) is 12.7 Å². The zero-order valence-corrected chi connectivity index (χ0v) is 15.3. The van der Waals surface area contributed by atoms with Gasteiger partial charge in [0.2, 0.25) is 0 Å². The number of nitrogens with zero attached hydrogens (tertiary/aromatic N) is 3. The summed E-state index contributed by atoms with van der Waals surface area (Å²) in [7, 11) is 0. The molecule has 1 saturated carbocycles. The summed E-state index contributed by atoms with van der Waals surface area (Å²) < 4.78 is 1.70. The zero-order valence-electron chi connectivity index (χ0n) is 15.3. The third-order valence-corrected chi connectivity index (χ3v) is 5.25.